The number of halogens is 1. The number of ether oxygens (including phenoxy) is 2. The van der Waals surface area contributed by atoms with Crippen molar-refractivity contribution in [2.75, 3.05) is 65.9 Å². The first-order valence-electron chi connectivity index (χ1n) is 34.2. The summed E-state index contributed by atoms with van der Waals surface area (Å²) in [5.74, 6) is -3.73. The fraction of sp³-hybridized carbons (Fsp3) is 0.507. The van der Waals surface area contributed by atoms with Crippen LogP contribution in [0, 0.1) is 29.1 Å². The smallest absolute Gasteiger partial charge is 0.410 e. The van der Waals surface area contributed by atoms with Crippen molar-refractivity contribution in [2.45, 2.75) is 155 Å². The Morgan fingerprint density at radius 2 is 1.54 bits per heavy atom. The number of aromatic nitrogens is 4. The van der Waals surface area contributed by atoms with Gasteiger partial charge >= 0.3 is 18.1 Å². The molecule has 5 aliphatic rings. The third-order valence-electron chi connectivity index (χ3n) is 19.6. The van der Waals surface area contributed by atoms with Gasteiger partial charge in [0.15, 0.2) is 10.8 Å². The highest BCUT2D eigenvalue weighted by Gasteiger charge is 2.66. The van der Waals surface area contributed by atoms with Gasteiger partial charge in [-0.3, -0.25) is 38.5 Å². The third kappa shape index (κ3) is 19.3. The molecule has 10 N–H and O–H groups in total. The number of hydrogen-bond donors (Lipinski definition) is 9. The van der Waals surface area contributed by atoms with Crippen LogP contribution in [0.1, 0.15) is 148 Å². The molecule has 3 aromatic carbocycles. The molecule has 1 aliphatic heterocycles. The first kappa shape index (κ1) is 75.1. The van der Waals surface area contributed by atoms with Crippen LogP contribution >= 0.6 is 27.3 Å². The Balaban J connectivity index is 0.753. The molecule has 4 heterocycles. The van der Waals surface area contributed by atoms with E-state index in [2.05, 4.69) is 66.7 Å². The van der Waals surface area contributed by atoms with Crippen molar-refractivity contribution in [3.05, 3.63) is 119 Å². The van der Waals surface area contributed by atoms with E-state index >= 15 is 0 Å². The van der Waals surface area contributed by atoms with Crippen LogP contribution in [0.5, 0.6) is 0 Å². The van der Waals surface area contributed by atoms with E-state index in [1.165, 1.54) is 16.2 Å². The Morgan fingerprint density at radius 1 is 0.802 bits per heavy atom. The lowest BCUT2D eigenvalue weighted by molar-refractivity contribution is -0.248. The molecule has 2 unspecified atom stereocenters. The van der Waals surface area contributed by atoms with Gasteiger partial charge in [0.2, 0.25) is 23.6 Å². The van der Waals surface area contributed by atoms with Crippen LogP contribution in [-0.4, -0.2) is 158 Å². The normalized spacial score (nSPS) is 20.3. The highest BCUT2D eigenvalue weighted by molar-refractivity contribution is 9.09. The number of benzene rings is 3. The summed E-state index contributed by atoms with van der Waals surface area (Å²) in [6.45, 7) is 11.4. The van der Waals surface area contributed by atoms with Gasteiger partial charge in [-0.15, -0.1) is 0 Å². The van der Waals surface area contributed by atoms with Gasteiger partial charge in [-0.05, 0) is 159 Å². The number of hydrogen-bond acceptors (Lipinski definition) is 17. The first-order chi connectivity index (χ1) is 48.0. The molecule has 27 nitrogen and oxygen atoms in total. The molecule has 11 rings (SSSR count). The highest BCUT2D eigenvalue weighted by Crippen LogP contribution is 2.72. The number of carboxylic acids is 1. The number of carbonyl (C=O) groups is 8. The van der Waals surface area contributed by atoms with Crippen LogP contribution in [0.2, 0.25) is 0 Å². The summed E-state index contributed by atoms with van der Waals surface area (Å²) in [6.07, 6.45) is 8.88. The Hall–Kier alpha value is -8.58. The molecule has 4 saturated carbocycles. The molecule has 30 heteroatoms. The number of urea groups is 1. The number of rotatable bonds is 33. The van der Waals surface area contributed by atoms with Gasteiger partial charge in [-0.1, -0.05) is 97.8 Å². The quantitative estimate of drug-likeness (QED) is 0.0105. The van der Waals surface area contributed by atoms with Gasteiger partial charge in [-0.2, -0.15) is 13.5 Å². The molecule has 4 fully saturated rings. The van der Waals surface area contributed by atoms with Crippen molar-refractivity contribution in [3.8, 4) is 11.1 Å². The summed E-state index contributed by atoms with van der Waals surface area (Å²) in [6, 6.07) is 20.5. The van der Waals surface area contributed by atoms with Gasteiger partial charge in [0.1, 0.15) is 24.5 Å². The zero-order chi connectivity index (χ0) is 72.4. The Morgan fingerprint density at radius 3 is 2.25 bits per heavy atom. The predicted molar refractivity (Wildman–Crippen MR) is 385 cm³/mol. The number of nitrogens with one attached hydrogen (secondary N) is 6. The predicted octanol–water partition coefficient (Wildman–Crippen LogP) is 9.12. The fourth-order valence-corrected chi connectivity index (χ4v) is 17.7. The topological polar surface area (TPSA) is 378 Å². The van der Waals surface area contributed by atoms with Crippen molar-refractivity contribution >= 4 is 112 Å². The van der Waals surface area contributed by atoms with Gasteiger partial charge in [0, 0.05) is 80.3 Å². The molecule has 4 aliphatic carbocycles. The summed E-state index contributed by atoms with van der Waals surface area (Å²) in [4.78, 5) is 117. The number of carbonyl (C=O) groups excluding carboxylic acids is 7. The maximum atomic E-state index is 13.9. The summed E-state index contributed by atoms with van der Waals surface area (Å²) >= 11 is 4.50. The maximum absolute atomic E-state index is 13.9. The minimum absolute atomic E-state index is 0.0342. The first-order valence-corrected chi connectivity index (χ1v) is 37.7. The zero-order valence-corrected chi connectivity index (χ0v) is 60.8. The minimum atomic E-state index is -4.50. The van der Waals surface area contributed by atoms with Crippen molar-refractivity contribution in [3.63, 3.8) is 0 Å². The van der Waals surface area contributed by atoms with Gasteiger partial charge < -0.3 is 56.7 Å². The summed E-state index contributed by atoms with van der Waals surface area (Å²) in [5, 5.41) is 33.0. The number of nitrogens with zero attached hydrogens (tertiary/aromatic N) is 6. The number of para-hydroxylation sites is 1. The van der Waals surface area contributed by atoms with E-state index in [4.69, 9.17) is 25.3 Å². The molecular weight excluding hydrogens is 1400 g/mol. The highest BCUT2D eigenvalue weighted by atomic mass is 79.9. The second-order valence-electron chi connectivity index (χ2n) is 28.5. The monoisotopic (exact) mass is 1490 g/mol. The number of nitrogens with two attached hydrogens (primary N) is 1. The van der Waals surface area contributed by atoms with Crippen LogP contribution in [0.25, 0.3) is 21.3 Å². The largest absolute Gasteiger partial charge is 0.476 e. The van der Waals surface area contributed by atoms with Crippen molar-refractivity contribution < 1.29 is 65.9 Å². The molecule has 0 saturated heterocycles. The van der Waals surface area contributed by atoms with E-state index < -0.39 is 63.5 Å². The molecule has 8 amide bonds. The van der Waals surface area contributed by atoms with Gasteiger partial charge in [-0.25, -0.2) is 24.4 Å². The van der Waals surface area contributed by atoms with Gasteiger partial charge in [0.25, 0.3) is 16.0 Å². The van der Waals surface area contributed by atoms with Crippen LogP contribution in [-0.2, 0) is 64.9 Å². The van der Waals surface area contributed by atoms with Crippen LogP contribution in [0.15, 0.2) is 85.1 Å². The van der Waals surface area contributed by atoms with Gasteiger partial charge in [0.05, 0.1) is 39.7 Å². The standard InChI is InChI=1S/C71H90BrN13O14S2/c1-44(2)59(81-57(86)18-7-6-10-26-74-58(87)33-72)63(90)78-54(16-12-27-75-65(73)93)62(89)77-48-21-19-46(20-22-48)36-98-67(94)83(30-32-101(95,96)97)29-31-99-71-40-68(4)37-69(5,41-71)39-70(38-68,42-71)43-85-45(3)51(34-76-85)49-23-24-56(80-60(49)64(91)92)84-28-25-47-13-11-14-50(52(47)35-84)61(88)82-66-79-53-15-8-9-17-55(53)100-66/h8-9,11,13-15,17,19-24,34,44,54,59H,6-7,10,12,16,18,25-33,35-43H2,1-5H3,(H,74,87)(H,77,89)(H,78,90)(H,81,86)(H,91,92)(H3,73,75,93)(H,79,82,88)(H,95,96,97)/t54-,59+,68?,69?,70?,71?/m0/s1. The Labute approximate surface area is 599 Å². The number of anilines is 3. The third-order valence-corrected chi connectivity index (χ3v) is 21.8. The van der Waals surface area contributed by atoms with E-state index in [-0.39, 0.29) is 103 Å². The molecule has 6 aromatic rings. The van der Waals surface area contributed by atoms with Crippen molar-refractivity contribution in [2.24, 2.45) is 27.9 Å². The van der Waals surface area contributed by atoms with E-state index in [0.717, 1.165) is 59.1 Å². The number of thiazole rings is 1. The number of aromatic carboxylic acids is 1. The SMILES string of the molecule is Cc1c(-c2ccc(N3CCc4cccc(C(=O)Nc5nc6ccccc6s5)c4C3)nc2C(=O)O)cnn1CC12CC3(C)CC(C)(C1)CC(OCCN(CCS(=O)(=O)O)C(=O)OCc1ccc(NC(=O)[C@H](CCCNC(N)=O)NC(=O)[C@H](NC(=O)CCCCCNC(=O)CBr)C(C)C)cc1)(C3)C2. The summed E-state index contributed by atoms with van der Waals surface area (Å²) < 4.78 is 49.7. The molecule has 0 spiro atoms. The molecule has 4 atom stereocenters. The number of fused-ring (bicyclic) bond motifs is 2. The van der Waals surface area contributed by atoms with E-state index in [9.17, 15) is 56.4 Å². The van der Waals surface area contributed by atoms with Crippen LogP contribution in [0.3, 0.4) is 0 Å². The minimum Gasteiger partial charge on any atom is -0.476 e. The number of carboxylic acid groups (broad SMARTS) is 1. The number of primary amides is 1. The second kappa shape index (κ2) is 32.2. The van der Waals surface area contributed by atoms with E-state index in [1.54, 1.807) is 56.4 Å². The zero-order valence-electron chi connectivity index (χ0n) is 57.5. The molecule has 542 valence electrons. The van der Waals surface area contributed by atoms with Crippen LogP contribution in [0.4, 0.5) is 26.2 Å². The Kier molecular flexibility index (Phi) is 23.9. The van der Waals surface area contributed by atoms with E-state index in [1.807, 2.05) is 59.0 Å². The molecule has 101 heavy (non-hydrogen) atoms. The number of unbranched alkanes of at least 4 members (excludes halogenated alkanes) is 2. The fourth-order valence-electron chi connectivity index (χ4n) is 16.2. The van der Waals surface area contributed by atoms with Crippen LogP contribution < -0.4 is 42.5 Å². The molecular formula is C71H90BrN13O14S2. The number of amides is 8. The maximum Gasteiger partial charge on any atom is 0.410 e. The molecule has 4 bridgehead atoms. The average molecular weight is 1490 g/mol. The summed E-state index contributed by atoms with van der Waals surface area (Å²) in [5.41, 5.74) is 9.89. The molecule has 3 aromatic heterocycles. The van der Waals surface area contributed by atoms with Crippen molar-refractivity contribution in [1.82, 2.24) is 45.9 Å². The molecule has 0 radical (unpaired) electrons. The van der Waals surface area contributed by atoms with Crippen molar-refractivity contribution in [1.29, 1.82) is 0 Å². The lowest BCUT2D eigenvalue weighted by atomic mass is 9.39. The second-order valence-corrected chi connectivity index (χ2v) is 31.7. The summed E-state index contributed by atoms with van der Waals surface area (Å²) in [7, 11) is -4.50. The average Bonchev–Trinajstić information content (AvgIpc) is 0.834. The number of alkyl halides is 1. The Bertz CT molecular complexity index is 4140. The lowest BCUT2D eigenvalue weighted by Crippen LogP contribution is -2.64. The lowest BCUT2D eigenvalue weighted by Gasteiger charge is -2.69. The van der Waals surface area contributed by atoms with E-state index in [0.29, 0.717) is 97.2 Å². The number of pyridine rings is 1.